The number of aromatic nitrogens is 3. The van der Waals surface area contributed by atoms with Crippen molar-refractivity contribution < 1.29 is 9.90 Å². The number of hydrogen-bond donors (Lipinski definition) is 1. The number of hydrogen-bond acceptors (Lipinski definition) is 5. The third-order valence-corrected chi connectivity index (χ3v) is 5.46. The molecule has 3 atom stereocenters. The van der Waals surface area contributed by atoms with Crippen LogP contribution in [-0.4, -0.2) is 45.4 Å². The van der Waals surface area contributed by atoms with Crippen LogP contribution in [-0.2, 0) is 6.54 Å². The maximum absolute atomic E-state index is 11.4. The van der Waals surface area contributed by atoms with E-state index in [-0.39, 0.29) is 5.78 Å². The molecule has 6 nitrogen and oxygen atoms in total. The second-order valence-corrected chi connectivity index (χ2v) is 6.98. The number of ketones is 1. The molecule has 1 aliphatic carbocycles. The van der Waals surface area contributed by atoms with Crippen molar-refractivity contribution in [2.75, 3.05) is 24.6 Å². The highest BCUT2D eigenvalue weighted by atomic mass is 16.3. The lowest BCUT2D eigenvalue weighted by Crippen LogP contribution is -2.25. The van der Waals surface area contributed by atoms with Crippen LogP contribution in [0.2, 0.25) is 0 Å². The van der Waals surface area contributed by atoms with E-state index >= 15 is 0 Å². The fraction of sp³-hybridized carbons (Fsp3) is 0.500. The number of carbonyl (C=O) groups is 1. The van der Waals surface area contributed by atoms with E-state index in [0.29, 0.717) is 36.5 Å². The smallest absolute Gasteiger partial charge is 0.162 e. The van der Waals surface area contributed by atoms with E-state index < -0.39 is 0 Å². The number of Topliss-reactive ketones (excluding diaryl/α,β-unsaturated/α-hetero) is 1. The number of aryl methyl sites for hydroxylation is 1. The summed E-state index contributed by atoms with van der Waals surface area (Å²) in [7, 11) is 0. The Balaban J connectivity index is 1.45. The van der Waals surface area contributed by atoms with Gasteiger partial charge in [-0.15, -0.1) is 0 Å². The molecule has 0 aromatic carbocycles. The summed E-state index contributed by atoms with van der Waals surface area (Å²) in [5.41, 5.74) is 2.73. The molecule has 1 aliphatic heterocycles. The minimum Gasteiger partial charge on any atom is -0.396 e. The average molecular weight is 326 g/mol. The molecule has 2 aliphatic rings. The Morgan fingerprint density at radius 2 is 2.08 bits per heavy atom. The molecule has 2 aromatic rings. The van der Waals surface area contributed by atoms with E-state index in [1.54, 1.807) is 24.0 Å². The van der Waals surface area contributed by atoms with Crippen molar-refractivity contribution in [3.63, 3.8) is 0 Å². The molecule has 6 heteroatoms. The lowest BCUT2D eigenvalue weighted by atomic mass is 10.2. The van der Waals surface area contributed by atoms with Gasteiger partial charge in [0.15, 0.2) is 5.78 Å². The predicted molar refractivity (Wildman–Crippen MR) is 90.1 cm³/mol. The van der Waals surface area contributed by atoms with Crippen molar-refractivity contribution in [1.29, 1.82) is 0 Å². The second-order valence-electron chi connectivity index (χ2n) is 6.98. The fourth-order valence-electron chi connectivity index (χ4n) is 3.83. The minimum atomic E-state index is 0.0280. The number of nitrogens with zero attached hydrogens (tertiary/aromatic N) is 4. The first-order valence-corrected chi connectivity index (χ1v) is 8.42. The number of pyridine rings is 1. The van der Waals surface area contributed by atoms with Crippen molar-refractivity contribution >= 4 is 11.6 Å². The van der Waals surface area contributed by atoms with Crippen LogP contribution in [0.3, 0.4) is 0 Å². The monoisotopic (exact) mass is 326 g/mol. The molecule has 1 saturated heterocycles. The standard InChI is InChI=1S/C18H22N4O2/c1-11-13(6-22-7-14(5-19-22)12(2)24)3-4-18(20-11)21-8-15-16(9-21)17(15)10-23/h3-5,7,15-17,23H,6,8-10H2,1-2H3/t15-,16+,17-. The lowest BCUT2D eigenvalue weighted by molar-refractivity contribution is 0.101. The zero-order valence-corrected chi connectivity index (χ0v) is 14.0. The molecule has 2 fully saturated rings. The fourth-order valence-corrected chi connectivity index (χ4v) is 3.83. The summed E-state index contributed by atoms with van der Waals surface area (Å²) < 4.78 is 1.78. The topological polar surface area (TPSA) is 71.2 Å². The molecule has 0 radical (unpaired) electrons. The van der Waals surface area contributed by atoms with E-state index in [2.05, 4.69) is 22.1 Å². The van der Waals surface area contributed by atoms with Crippen LogP contribution in [0, 0.1) is 24.7 Å². The number of carbonyl (C=O) groups excluding carboxylic acids is 1. The number of aliphatic hydroxyl groups is 1. The summed E-state index contributed by atoms with van der Waals surface area (Å²) in [4.78, 5) is 18.4. The zero-order valence-electron chi connectivity index (χ0n) is 14.0. The van der Waals surface area contributed by atoms with Crippen molar-refractivity contribution in [3.8, 4) is 0 Å². The molecule has 0 unspecified atom stereocenters. The Morgan fingerprint density at radius 1 is 1.33 bits per heavy atom. The molecule has 0 spiro atoms. The van der Waals surface area contributed by atoms with Gasteiger partial charge in [0.25, 0.3) is 0 Å². The van der Waals surface area contributed by atoms with Crippen LogP contribution in [0.5, 0.6) is 0 Å². The van der Waals surface area contributed by atoms with E-state index in [9.17, 15) is 9.90 Å². The van der Waals surface area contributed by atoms with Gasteiger partial charge in [-0.25, -0.2) is 4.98 Å². The average Bonchev–Trinajstić information content (AvgIpc) is 2.95. The van der Waals surface area contributed by atoms with Crippen LogP contribution in [0.1, 0.15) is 28.5 Å². The Morgan fingerprint density at radius 3 is 2.67 bits per heavy atom. The van der Waals surface area contributed by atoms with Crippen LogP contribution in [0.25, 0.3) is 0 Å². The van der Waals surface area contributed by atoms with Crippen molar-refractivity contribution in [2.45, 2.75) is 20.4 Å². The maximum Gasteiger partial charge on any atom is 0.162 e. The van der Waals surface area contributed by atoms with Crippen molar-refractivity contribution in [2.24, 2.45) is 17.8 Å². The number of piperidine rings is 1. The zero-order chi connectivity index (χ0) is 16.8. The second kappa shape index (κ2) is 5.70. The van der Waals surface area contributed by atoms with E-state index in [1.807, 2.05) is 6.92 Å². The molecule has 1 N–H and O–H groups in total. The molecule has 126 valence electrons. The normalized spacial score (nSPS) is 25.0. The van der Waals surface area contributed by atoms with E-state index in [1.165, 1.54) is 0 Å². The largest absolute Gasteiger partial charge is 0.396 e. The molecule has 24 heavy (non-hydrogen) atoms. The van der Waals surface area contributed by atoms with Gasteiger partial charge in [-0.1, -0.05) is 6.07 Å². The summed E-state index contributed by atoms with van der Waals surface area (Å²) >= 11 is 0. The lowest BCUT2D eigenvalue weighted by Gasteiger charge is -2.21. The van der Waals surface area contributed by atoms with Crippen LogP contribution in [0.4, 0.5) is 5.82 Å². The molecule has 0 amide bonds. The van der Waals surface area contributed by atoms with Crippen molar-refractivity contribution in [3.05, 3.63) is 41.3 Å². The summed E-state index contributed by atoms with van der Waals surface area (Å²) in [5, 5.41) is 13.5. The summed E-state index contributed by atoms with van der Waals surface area (Å²) in [6.45, 7) is 6.50. The summed E-state index contributed by atoms with van der Waals surface area (Å²) in [6, 6.07) is 4.16. The van der Waals surface area contributed by atoms with Gasteiger partial charge in [-0.05, 0) is 43.2 Å². The molecule has 4 rings (SSSR count). The van der Waals surface area contributed by atoms with Gasteiger partial charge in [0.05, 0.1) is 18.3 Å². The third-order valence-electron chi connectivity index (χ3n) is 5.46. The molecule has 1 saturated carbocycles. The van der Waals surface area contributed by atoms with Gasteiger partial charge in [-0.3, -0.25) is 9.48 Å². The molecular weight excluding hydrogens is 304 g/mol. The molecule has 0 bridgehead atoms. The molecular formula is C18H22N4O2. The van der Waals surface area contributed by atoms with E-state index in [0.717, 1.165) is 30.2 Å². The van der Waals surface area contributed by atoms with Gasteiger partial charge in [-0.2, -0.15) is 5.10 Å². The third kappa shape index (κ3) is 2.60. The van der Waals surface area contributed by atoms with Crippen LogP contribution >= 0.6 is 0 Å². The quantitative estimate of drug-likeness (QED) is 0.844. The van der Waals surface area contributed by atoms with Crippen LogP contribution < -0.4 is 4.90 Å². The highest BCUT2D eigenvalue weighted by Crippen LogP contribution is 2.51. The van der Waals surface area contributed by atoms with Gasteiger partial charge in [0.1, 0.15) is 5.82 Å². The maximum atomic E-state index is 11.4. The van der Waals surface area contributed by atoms with Gasteiger partial charge >= 0.3 is 0 Å². The molecule has 3 heterocycles. The number of anilines is 1. The van der Waals surface area contributed by atoms with Gasteiger partial charge in [0, 0.05) is 31.6 Å². The summed E-state index contributed by atoms with van der Waals surface area (Å²) in [5.74, 6) is 2.85. The summed E-state index contributed by atoms with van der Waals surface area (Å²) in [6.07, 6.45) is 3.38. The van der Waals surface area contributed by atoms with Crippen LogP contribution in [0.15, 0.2) is 24.5 Å². The first-order valence-electron chi connectivity index (χ1n) is 8.42. The van der Waals surface area contributed by atoms with Gasteiger partial charge < -0.3 is 10.0 Å². The number of rotatable bonds is 5. The number of aliphatic hydroxyl groups excluding tert-OH is 1. The first kappa shape index (κ1) is 15.3. The van der Waals surface area contributed by atoms with Gasteiger partial charge in [0.2, 0.25) is 0 Å². The highest BCUT2D eigenvalue weighted by molar-refractivity contribution is 5.93. The SMILES string of the molecule is CC(=O)c1cnn(Cc2ccc(N3C[C@@H]4[C@H](CO)[C@@H]4C3)nc2C)c1. The Kier molecular flexibility index (Phi) is 3.64. The minimum absolute atomic E-state index is 0.0280. The Hall–Kier alpha value is -2.21. The van der Waals surface area contributed by atoms with E-state index in [4.69, 9.17) is 4.98 Å². The Labute approximate surface area is 141 Å². The molecule has 2 aromatic heterocycles. The first-order chi connectivity index (χ1) is 11.6. The highest BCUT2D eigenvalue weighted by Gasteiger charge is 2.55. The number of fused-ring (bicyclic) bond motifs is 1. The predicted octanol–water partition coefficient (Wildman–Crippen LogP) is 1.51. The Bertz CT molecular complexity index is 773. The van der Waals surface area contributed by atoms with Crippen molar-refractivity contribution in [1.82, 2.24) is 14.8 Å².